The van der Waals surface area contributed by atoms with Crippen molar-refractivity contribution >= 4 is 23.5 Å². The number of hydrogen-bond donors (Lipinski definition) is 3. The van der Waals surface area contributed by atoms with Crippen molar-refractivity contribution in [2.45, 2.75) is 24.9 Å². The van der Waals surface area contributed by atoms with Gasteiger partial charge in [-0.1, -0.05) is 29.8 Å². The molecule has 2 rings (SSSR count). The van der Waals surface area contributed by atoms with E-state index in [2.05, 4.69) is 5.32 Å². The Bertz CT molecular complexity index is 544. The molecule has 20 heavy (non-hydrogen) atoms. The number of carbonyl (C=O) groups is 2. The van der Waals surface area contributed by atoms with Crippen LogP contribution in [0.5, 0.6) is 0 Å². The Kier molecular flexibility index (Phi) is 4.01. The van der Waals surface area contributed by atoms with E-state index in [1.807, 2.05) is 18.2 Å². The first-order chi connectivity index (χ1) is 9.33. The summed E-state index contributed by atoms with van der Waals surface area (Å²) in [4.78, 5) is 22.6. The van der Waals surface area contributed by atoms with Crippen LogP contribution in [-0.4, -0.2) is 34.2 Å². The van der Waals surface area contributed by atoms with E-state index in [9.17, 15) is 14.7 Å². The zero-order chi connectivity index (χ0) is 14.9. The molecule has 1 aliphatic rings. The number of carboxylic acid groups (broad SMARTS) is 1. The predicted octanol–water partition coefficient (Wildman–Crippen LogP) is 1.40. The quantitative estimate of drug-likeness (QED) is 0.766. The third-order valence-electron chi connectivity index (χ3n) is 3.50. The summed E-state index contributed by atoms with van der Waals surface area (Å²) < 4.78 is 0. The molecule has 0 saturated heterocycles. The summed E-state index contributed by atoms with van der Waals surface area (Å²) in [6, 6.07) is 7.35. The molecule has 108 valence electrons. The number of nitrogens with one attached hydrogen (secondary N) is 1. The van der Waals surface area contributed by atoms with Gasteiger partial charge in [-0.05, 0) is 30.9 Å². The smallest absolute Gasteiger partial charge is 0.337 e. The van der Waals surface area contributed by atoms with Crippen molar-refractivity contribution in [2.24, 2.45) is 5.92 Å². The van der Waals surface area contributed by atoms with Crippen molar-refractivity contribution in [3.05, 3.63) is 34.9 Å². The Morgan fingerprint density at radius 1 is 1.45 bits per heavy atom. The van der Waals surface area contributed by atoms with Crippen molar-refractivity contribution in [2.75, 3.05) is 6.54 Å². The first kappa shape index (κ1) is 14.8. The average Bonchev–Trinajstić information content (AvgIpc) is 3.16. The number of halogens is 1. The Hall–Kier alpha value is -1.59. The second kappa shape index (κ2) is 5.42. The number of amides is 1. The molecule has 0 spiro atoms. The fraction of sp³-hybridized carbons (Fsp3) is 0.429. The summed E-state index contributed by atoms with van der Waals surface area (Å²) in [7, 11) is 0. The number of carbonyl (C=O) groups excluding carboxylic acids is 1. The van der Waals surface area contributed by atoms with E-state index < -0.39 is 11.6 Å². The van der Waals surface area contributed by atoms with Gasteiger partial charge in [-0.15, -0.1) is 0 Å². The second-order valence-electron chi connectivity index (χ2n) is 5.27. The van der Waals surface area contributed by atoms with E-state index in [4.69, 9.17) is 16.7 Å². The lowest BCUT2D eigenvalue weighted by Gasteiger charge is -2.18. The molecule has 1 saturated carbocycles. The van der Waals surface area contributed by atoms with E-state index in [1.165, 1.54) is 0 Å². The predicted molar refractivity (Wildman–Crippen MR) is 73.6 cm³/mol. The van der Waals surface area contributed by atoms with Gasteiger partial charge in [0.2, 0.25) is 5.91 Å². The maximum atomic E-state index is 11.9. The highest BCUT2D eigenvalue weighted by atomic mass is 35.5. The van der Waals surface area contributed by atoms with Crippen LogP contribution in [0.2, 0.25) is 5.02 Å². The lowest BCUT2D eigenvalue weighted by Crippen LogP contribution is -2.47. The van der Waals surface area contributed by atoms with Crippen molar-refractivity contribution in [1.29, 1.82) is 0 Å². The third-order valence-corrected chi connectivity index (χ3v) is 3.84. The second-order valence-corrected chi connectivity index (χ2v) is 5.67. The molecule has 3 atom stereocenters. The lowest BCUT2D eigenvalue weighted by molar-refractivity contribution is -0.156. The van der Waals surface area contributed by atoms with Gasteiger partial charge in [0.05, 0.1) is 6.54 Å². The minimum Gasteiger partial charge on any atom is -0.479 e. The van der Waals surface area contributed by atoms with Crippen molar-refractivity contribution < 1.29 is 19.8 Å². The SMILES string of the molecule is CC(O)(CNC(=O)C1CC1c1ccccc1Cl)C(=O)O. The molecular formula is C14H16ClNO4. The van der Waals surface area contributed by atoms with Gasteiger partial charge in [0.15, 0.2) is 5.60 Å². The van der Waals surface area contributed by atoms with Crippen molar-refractivity contribution in [3.8, 4) is 0 Å². The van der Waals surface area contributed by atoms with Gasteiger partial charge in [0.1, 0.15) is 0 Å². The summed E-state index contributed by atoms with van der Waals surface area (Å²) in [6.07, 6.45) is 0.685. The molecule has 0 heterocycles. The van der Waals surface area contributed by atoms with Gasteiger partial charge in [-0.3, -0.25) is 4.79 Å². The van der Waals surface area contributed by atoms with Gasteiger partial charge in [-0.2, -0.15) is 0 Å². The van der Waals surface area contributed by atoms with Crippen LogP contribution in [0, 0.1) is 5.92 Å². The summed E-state index contributed by atoms with van der Waals surface area (Å²) >= 11 is 6.07. The highest BCUT2D eigenvalue weighted by Gasteiger charge is 2.45. The topological polar surface area (TPSA) is 86.6 Å². The van der Waals surface area contributed by atoms with Gasteiger partial charge in [-0.25, -0.2) is 4.79 Å². The van der Waals surface area contributed by atoms with Gasteiger partial charge < -0.3 is 15.5 Å². The normalized spacial score (nSPS) is 23.8. The Balaban J connectivity index is 1.91. The van der Waals surface area contributed by atoms with Crippen LogP contribution in [0.4, 0.5) is 0 Å². The molecule has 1 aromatic carbocycles. The largest absolute Gasteiger partial charge is 0.479 e. The molecule has 1 amide bonds. The molecule has 1 fully saturated rings. The molecule has 0 aliphatic heterocycles. The van der Waals surface area contributed by atoms with Gasteiger partial charge >= 0.3 is 5.97 Å². The number of aliphatic carboxylic acids is 1. The number of hydrogen-bond acceptors (Lipinski definition) is 3. The Morgan fingerprint density at radius 3 is 2.70 bits per heavy atom. The molecule has 6 heteroatoms. The van der Waals surface area contributed by atoms with Crippen LogP contribution in [0.15, 0.2) is 24.3 Å². The zero-order valence-electron chi connectivity index (χ0n) is 11.0. The summed E-state index contributed by atoms with van der Waals surface area (Å²) in [5, 5.41) is 21.4. The fourth-order valence-electron chi connectivity index (χ4n) is 2.07. The standard InChI is InChI=1S/C14H16ClNO4/c1-14(20,13(18)19)7-16-12(17)10-6-9(10)8-4-2-3-5-11(8)15/h2-5,9-10,20H,6-7H2,1H3,(H,16,17)(H,18,19). The number of rotatable bonds is 5. The third kappa shape index (κ3) is 3.11. The molecule has 0 radical (unpaired) electrons. The summed E-state index contributed by atoms with van der Waals surface area (Å²) in [6.45, 7) is 0.834. The van der Waals surface area contributed by atoms with E-state index in [-0.39, 0.29) is 24.3 Å². The van der Waals surface area contributed by atoms with E-state index >= 15 is 0 Å². The average molecular weight is 298 g/mol. The van der Waals surface area contributed by atoms with Gasteiger partial charge in [0, 0.05) is 10.9 Å². The molecule has 5 nitrogen and oxygen atoms in total. The fourth-order valence-corrected chi connectivity index (χ4v) is 2.35. The van der Waals surface area contributed by atoms with E-state index in [0.717, 1.165) is 12.5 Å². The van der Waals surface area contributed by atoms with Crippen LogP contribution >= 0.6 is 11.6 Å². The number of aliphatic hydroxyl groups is 1. The van der Waals surface area contributed by atoms with Crippen LogP contribution in [0.3, 0.4) is 0 Å². The number of benzene rings is 1. The molecule has 1 aliphatic carbocycles. The van der Waals surface area contributed by atoms with Crippen LogP contribution in [0.25, 0.3) is 0 Å². The number of carboxylic acids is 1. The summed E-state index contributed by atoms with van der Waals surface area (Å²) in [5.41, 5.74) is -1.02. The van der Waals surface area contributed by atoms with Crippen molar-refractivity contribution in [1.82, 2.24) is 5.32 Å². The monoisotopic (exact) mass is 297 g/mol. The molecule has 0 bridgehead atoms. The highest BCUT2D eigenvalue weighted by Crippen LogP contribution is 2.49. The molecular weight excluding hydrogens is 282 g/mol. The molecule has 1 aromatic rings. The minimum atomic E-state index is -1.95. The first-order valence-corrected chi connectivity index (χ1v) is 6.68. The van der Waals surface area contributed by atoms with Gasteiger partial charge in [0.25, 0.3) is 0 Å². The summed E-state index contributed by atoms with van der Waals surface area (Å²) in [5.74, 6) is -1.76. The Morgan fingerprint density at radius 2 is 2.10 bits per heavy atom. The lowest BCUT2D eigenvalue weighted by atomic mass is 10.1. The molecule has 0 aromatic heterocycles. The maximum absolute atomic E-state index is 11.9. The van der Waals surface area contributed by atoms with Crippen LogP contribution in [-0.2, 0) is 9.59 Å². The molecule has 3 unspecified atom stereocenters. The highest BCUT2D eigenvalue weighted by molar-refractivity contribution is 6.31. The minimum absolute atomic E-state index is 0.0680. The van der Waals surface area contributed by atoms with Crippen molar-refractivity contribution in [3.63, 3.8) is 0 Å². The molecule has 3 N–H and O–H groups in total. The zero-order valence-corrected chi connectivity index (χ0v) is 11.7. The maximum Gasteiger partial charge on any atom is 0.337 e. The van der Waals surface area contributed by atoms with E-state index in [1.54, 1.807) is 6.07 Å². The first-order valence-electron chi connectivity index (χ1n) is 6.31. The van der Waals surface area contributed by atoms with E-state index in [0.29, 0.717) is 11.4 Å². The Labute approximate surface area is 121 Å². The van der Waals surface area contributed by atoms with Crippen LogP contribution in [0.1, 0.15) is 24.8 Å². The van der Waals surface area contributed by atoms with Crippen LogP contribution < -0.4 is 5.32 Å².